The number of ether oxygens (including phenoxy) is 1. The third-order valence-corrected chi connectivity index (χ3v) is 6.10. The molecule has 0 saturated carbocycles. The summed E-state index contributed by atoms with van der Waals surface area (Å²) >= 11 is 6.50. The SMILES string of the molecule is CCCN(Cc1ccc(F)cc1)c1c2c(nc3c(-c4ccc(C=O)cc4Cl)cnn13)COC2. The van der Waals surface area contributed by atoms with Gasteiger partial charge in [0.2, 0.25) is 0 Å². The number of rotatable bonds is 7. The molecular weight excluding hydrogens is 443 g/mol. The Morgan fingerprint density at radius 1 is 1.18 bits per heavy atom. The van der Waals surface area contributed by atoms with E-state index in [1.54, 1.807) is 30.5 Å². The van der Waals surface area contributed by atoms with Gasteiger partial charge in [-0.05, 0) is 30.2 Å². The maximum Gasteiger partial charge on any atom is 0.165 e. The molecule has 1 aliphatic heterocycles. The number of fused-ring (bicyclic) bond motifs is 2. The van der Waals surface area contributed by atoms with Gasteiger partial charge in [0, 0.05) is 40.4 Å². The average molecular weight is 465 g/mol. The molecule has 0 fully saturated rings. The van der Waals surface area contributed by atoms with Crippen molar-refractivity contribution in [1.82, 2.24) is 14.6 Å². The molecule has 0 aliphatic carbocycles. The van der Waals surface area contributed by atoms with E-state index < -0.39 is 0 Å². The number of carbonyl (C=O) groups excluding carboxylic acids is 1. The second-order valence-corrected chi connectivity index (χ2v) is 8.46. The Kier molecular flexibility index (Phi) is 5.83. The molecule has 0 N–H and O–H groups in total. The molecule has 0 amide bonds. The van der Waals surface area contributed by atoms with Crippen molar-refractivity contribution in [2.45, 2.75) is 33.1 Å². The van der Waals surface area contributed by atoms with Crippen LogP contribution in [0.1, 0.15) is 40.5 Å². The molecule has 0 atom stereocenters. The lowest BCUT2D eigenvalue weighted by Gasteiger charge is -2.27. The highest BCUT2D eigenvalue weighted by Crippen LogP contribution is 2.36. The Morgan fingerprint density at radius 3 is 2.73 bits per heavy atom. The molecule has 3 heterocycles. The fourth-order valence-corrected chi connectivity index (χ4v) is 4.54. The lowest BCUT2D eigenvalue weighted by Crippen LogP contribution is -2.27. The Bertz CT molecular complexity index is 1340. The predicted octanol–water partition coefficient (Wildman–Crippen LogP) is 5.45. The lowest BCUT2D eigenvalue weighted by atomic mass is 10.1. The van der Waals surface area contributed by atoms with E-state index in [-0.39, 0.29) is 5.82 Å². The van der Waals surface area contributed by atoms with Crippen LogP contribution in [0.5, 0.6) is 0 Å². The molecule has 2 aromatic heterocycles. The Morgan fingerprint density at radius 2 is 2.00 bits per heavy atom. The summed E-state index contributed by atoms with van der Waals surface area (Å²) in [4.78, 5) is 18.2. The van der Waals surface area contributed by atoms with Crippen LogP contribution in [0.15, 0.2) is 48.7 Å². The zero-order valence-corrected chi connectivity index (χ0v) is 18.8. The van der Waals surface area contributed by atoms with Crippen LogP contribution in [0.4, 0.5) is 10.2 Å². The Balaban J connectivity index is 1.66. The fraction of sp³-hybridized carbons (Fsp3) is 0.240. The number of benzene rings is 2. The molecule has 5 rings (SSSR count). The van der Waals surface area contributed by atoms with Gasteiger partial charge >= 0.3 is 0 Å². The Hall–Kier alpha value is -3.29. The molecule has 1 aliphatic rings. The van der Waals surface area contributed by atoms with E-state index >= 15 is 0 Å². The fourth-order valence-electron chi connectivity index (χ4n) is 4.25. The molecule has 8 heteroatoms. The number of aldehydes is 1. The quantitative estimate of drug-likeness (QED) is 0.340. The van der Waals surface area contributed by atoms with Crippen LogP contribution in [0.25, 0.3) is 16.8 Å². The number of hydrogen-bond acceptors (Lipinski definition) is 5. The number of hydrogen-bond donors (Lipinski definition) is 0. The summed E-state index contributed by atoms with van der Waals surface area (Å²) < 4.78 is 21.0. The van der Waals surface area contributed by atoms with Gasteiger partial charge in [0.25, 0.3) is 0 Å². The molecule has 0 bridgehead atoms. The van der Waals surface area contributed by atoms with Gasteiger partial charge in [0.05, 0.1) is 25.1 Å². The second kappa shape index (κ2) is 8.92. The minimum atomic E-state index is -0.254. The highest BCUT2D eigenvalue weighted by Gasteiger charge is 2.27. The molecular formula is C25H22ClFN4O2. The minimum absolute atomic E-state index is 0.254. The van der Waals surface area contributed by atoms with Gasteiger partial charge in [-0.3, -0.25) is 4.79 Å². The highest BCUT2D eigenvalue weighted by molar-refractivity contribution is 6.33. The smallest absolute Gasteiger partial charge is 0.165 e. The summed E-state index contributed by atoms with van der Waals surface area (Å²) in [5, 5.41) is 5.15. The molecule has 0 radical (unpaired) electrons. The van der Waals surface area contributed by atoms with Crippen LogP contribution < -0.4 is 4.90 Å². The monoisotopic (exact) mass is 464 g/mol. The first-order valence-electron chi connectivity index (χ1n) is 10.8. The summed E-state index contributed by atoms with van der Waals surface area (Å²) in [7, 11) is 0. The maximum absolute atomic E-state index is 13.4. The predicted molar refractivity (Wildman–Crippen MR) is 125 cm³/mol. The van der Waals surface area contributed by atoms with Crippen LogP contribution in [0.3, 0.4) is 0 Å². The van der Waals surface area contributed by atoms with E-state index in [1.807, 2.05) is 10.6 Å². The van der Waals surface area contributed by atoms with E-state index in [0.29, 0.717) is 36.0 Å². The van der Waals surface area contributed by atoms with Crippen molar-refractivity contribution in [1.29, 1.82) is 0 Å². The Labute approximate surface area is 195 Å². The number of carbonyl (C=O) groups is 1. The van der Waals surface area contributed by atoms with Crippen molar-refractivity contribution in [3.63, 3.8) is 0 Å². The minimum Gasteiger partial charge on any atom is -0.370 e. The van der Waals surface area contributed by atoms with Crippen molar-refractivity contribution in [2.75, 3.05) is 11.4 Å². The van der Waals surface area contributed by atoms with Crippen LogP contribution in [-0.4, -0.2) is 27.4 Å². The highest BCUT2D eigenvalue weighted by atomic mass is 35.5. The van der Waals surface area contributed by atoms with Gasteiger partial charge < -0.3 is 9.64 Å². The van der Waals surface area contributed by atoms with Gasteiger partial charge in [-0.15, -0.1) is 0 Å². The summed E-state index contributed by atoms with van der Waals surface area (Å²) in [6.07, 6.45) is 3.45. The summed E-state index contributed by atoms with van der Waals surface area (Å²) in [6, 6.07) is 11.7. The van der Waals surface area contributed by atoms with E-state index in [1.165, 1.54) is 12.1 Å². The molecule has 0 unspecified atom stereocenters. The molecule has 0 saturated heterocycles. The number of anilines is 1. The third kappa shape index (κ3) is 3.98. The van der Waals surface area contributed by atoms with E-state index in [2.05, 4.69) is 16.9 Å². The van der Waals surface area contributed by atoms with Crippen molar-refractivity contribution < 1.29 is 13.9 Å². The average Bonchev–Trinajstić information content (AvgIpc) is 3.45. The summed E-state index contributed by atoms with van der Waals surface area (Å²) in [5.41, 5.74) is 5.62. The molecule has 168 valence electrons. The maximum atomic E-state index is 13.4. The topological polar surface area (TPSA) is 59.7 Å². The number of nitrogens with zero attached hydrogens (tertiary/aromatic N) is 4. The molecule has 4 aromatic rings. The van der Waals surface area contributed by atoms with Crippen LogP contribution in [-0.2, 0) is 24.5 Å². The standard InChI is InChI=1S/C25H22ClFN4O2/c1-2-9-30(12-16-3-6-18(27)7-4-16)25-21-14-33-15-23(21)29-24-20(11-28-31(24)25)19-8-5-17(13-32)10-22(19)26/h3-8,10-11,13H,2,9,12,14-15H2,1H3. The first-order chi connectivity index (χ1) is 16.1. The number of aromatic nitrogens is 3. The van der Waals surface area contributed by atoms with Gasteiger partial charge in [-0.25, -0.2) is 9.37 Å². The second-order valence-electron chi connectivity index (χ2n) is 8.05. The van der Waals surface area contributed by atoms with E-state index in [9.17, 15) is 9.18 Å². The van der Waals surface area contributed by atoms with Crippen molar-refractivity contribution in [3.8, 4) is 11.1 Å². The zero-order chi connectivity index (χ0) is 22.9. The van der Waals surface area contributed by atoms with Crippen LogP contribution in [0, 0.1) is 5.82 Å². The van der Waals surface area contributed by atoms with Crippen LogP contribution >= 0.6 is 11.6 Å². The normalized spacial score (nSPS) is 12.8. The molecule has 33 heavy (non-hydrogen) atoms. The van der Waals surface area contributed by atoms with Crippen molar-refractivity contribution in [2.24, 2.45) is 0 Å². The van der Waals surface area contributed by atoms with E-state index in [0.717, 1.165) is 53.0 Å². The largest absolute Gasteiger partial charge is 0.370 e. The number of halogens is 2. The first kappa shape index (κ1) is 21.6. The van der Waals surface area contributed by atoms with E-state index in [4.69, 9.17) is 21.3 Å². The van der Waals surface area contributed by atoms with Crippen molar-refractivity contribution >= 4 is 29.4 Å². The first-order valence-corrected chi connectivity index (χ1v) is 11.2. The van der Waals surface area contributed by atoms with Crippen molar-refractivity contribution in [3.05, 3.63) is 81.9 Å². The zero-order valence-electron chi connectivity index (χ0n) is 18.1. The molecule has 0 spiro atoms. The van der Waals surface area contributed by atoms with Gasteiger partial charge in [0.1, 0.15) is 17.9 Å². The third-order valence-electron chi connectivity index (χ3n) is 5.79. The van der Waals surface area contributed by atoms with Gasteiger partial charge in [-0.1, -0.05) is 42.8 Å². The molecule has 6 nitrogen and oxygen atoms in total. The molecule has 2 aromatic carbocycles. The van der Waals surface area contributed by atoms with Gasteiger partial charge in [-0.2, -0.15) is 9.61 Å². The summed E-state index contributed by atoms with van der Waals surface area (Å²) in [6.45, 7) is 4.39. The van der Waals surface area contributed by atoms with Gasteiger partial charge in [0.15, 0.2) is 5.65 Å². The summed E-state index contributed by atoms with van der Waals surface area (Å²) in [5.74, 6) is 0.668. The lowest BCUT2D eigenvalue weighted by molar-refractivity contribution is 0.112. The van der Waals surface area contributed by atoms with Crippen LogP contribution in [0.2, 0.25) is 5.02 Å².